The van der Waals surface area contributed by atoms with Crippen molar-refractivity contribution in [1.29, 1.82) is 0 Å². The van der Waals surface area contributed by atoms with E-state index in [4.69, 9.17) is 10.2 Å². The van der Waals surface area contributed by atoms with Crippen molar-refractivity contribution < 1.29 is 20.4 Å². The van der Waals surface area contributed by atoms with Gasteiger partial charge in [-0.2, -0.15) is 0 Å². The molecule has 4 atom stereocenters. The fourth-order valence-corrected chi connectivity index (χ4v) is 2.55. The fraction of sp³-hybridized carbons (Fsp3) is 1.00. The average molecular weight is 238 g/mol. The van der Waals surface area contributed by atoms with E-state index in [-0.39, 0.29) is 0 Å². The number of nitroso groups, excluding NO2 is 1. The van der Waals surface area contributed by atoms with Gasteiger partial charge in [0.1, 0.15) is 23.7 Å². The lowest BCUT2D eigenvalue weighted by Crippen LogP contribution is -2.48. The van der Waals surface area contributed by atoms with Gasteiger partial charge in [0.05, 0.1) is 11.9 Å². The second-order valence-electron chi connectivity index (χ2n) is 3.24. The highest BCUT2D eigenvalue weighted by atomic mass is 32.2. The Morgan fingerprint density at radius 2 is 2.13 bits per heavy atom. The Labute approximate surface area is 90.6 Å². The molecule has 4 N–H and O–H groups in total. The molecule has 1 heterocycles. The molecule has 1 aliphatic heterocycles. The third-order valence-corrected chi connectivity index (χ3v) is 3.51. The van der Waals surface area contributed by atoms with Crippen molar-refractivity contribution in [1.82, 2.24) is 5.01 Å². The Hall–Kier alpha value is -0.410. The van der Waals surface area contributed by atoms with E-state index in [9.17, 15) is 15.1 Å². The summed E-state index contributed by atoms with van der Waals surface area (Å²) in [6.07, 6.45) is -4.23. The molecule has 1 saturated heterocycles. The van der Waals surface area contributed by atoms with E-state index < -0.39 is 30.3 Å². The Kier molecular flexibility index (Phi) is 4.74. The zero-order valence-corrected chi connectivity index (χ0v) is 8.75. The van der Waals surface area contributed by atoms with Gasteiger partial charge in [-0.05, 0) is 0 Å². The summed E-state index contributed by atoms with van der Waals surface area (Å²) in [7, 11) is 0. The molecule has 0 amide bonds. The second-order valence-corrected chi connectivity index (χ2v) is 4.46. The van der Waals surface area contributed by atoms with Gasteiger partial charge in [0.25, 0.3) is 0 Å². The first-order valence-corrected chi connectivity index (χ1v) is 5.53. The van der Waals surface area contributed by atoms with Gasteiger partial charge in [0.2, 0.25) is 0 Å². The monoisotopic (exact) mass is 238 g/mol. The molecule has 1 fully saturated rings. The summed E-state index contributed by atoms with van der Waals surface area (Å²) in [5, 5.41) is 39.9. The number of aliphatic hydroxyl groups excluding tert-OH is 4. The van der Waals surface area contributed by atoms with Gasteiger partial charge in [-0.1, -0.05) is 0 Å². The summed E-state index contributed by atoms with van der Waals surface area (Å²) >= 11 is 1.27. The van der Waals surface area contributed by atoms with Gasteiger partial charge in [-0.3, -0.25) is 0 Å². The molecule has 0 aliphatic carbocycles. The van der Waals surface area contributed by atoms with Crippen molar-refractivity contribution in [3.05, 3.63) is 4.91 Å². The van der Waals surface area contributed by atoms with Gasteiger partial charge in [-0.25, -0.2) is 5.01 Å². The van der Waals surface area contributed by atoms with Crippen LogP contribution < -0.4 is 0 Å². The van der Waals surface area contributed by atoms with E-state index in [2.05, 4.69) is 5.29 Å². The summed E-state index contributed by atoms with van der Waals surface area (Å²) in [6.45, 7) is -0.248. The maximum absolute atomic E-state index is 10.3. The van der Waals surface area contributed by atoms with Gasteiger partial charge in [-0.15, -0.1) is 16.7 Å². The van der Waals surface area contributed by atoms with Crippen molar-refractivity contribution in [3.63, 3.8) is 0 Å². The molecule has 15 heavy (non-hydrogen) atoms. The molecular weight excluding hydrogens is 224 g/mol. The van der Waals surface area contributed by atoms with Crippen molar-refractivity contribution in [2.45, 2.75) is 23.7 Å². The minimum atomic E-state index is -1.49. The summed E-state index contributed by atoms with van der Waals surface area (Å²) in [5.41, 5.74) is 0. The standard InChI is InChI=1S/C7H14N2O5S/c10-3-4(11)5(12)6(13)7-9(8-14)1-2-15-7/h4-7,10-13H,1-3H2/t4-,5-,6+,7?/m0/s1. The highest BCUT2D eigenvalue weighted by Gasteiger charge is 2.38. The molecule has 0 aromatic carbocycles. The van der Waals surface area contributed by atoms with Gasteiger partial charge >= 0.3 is 0 Å². The molecule has 88 valence electrons. The van der Waals surface area contributed by atoms with Crippen molar-refractivity contribution in [3.8, 4) is 0 Å². The zero-order chi connectivity index (χ0) is 11.4. The largest absolute Gasteiger partial charge is 0.394 e. The highest BCUT2D eigenvalue weighted by Crippen LogP contribution is 2.28. The van der Waals surface area contributed by atoms with Crippen molar-refractivity contribution in [2.75, 3.05) is 18.9 Å². The van der Waals surface area contributed by atoms with E-state index >= 15 is 0 Å². The van der Waals surface area contributed by atoms with Crippen LogP contribution in [0.25, 0.3) is 0 Å². The number of hydrogen-bond acceptors (Lipinski definition) is 7. The molecule has 0 bridgehead atoms. The summed E-state index contributed by atoms with van der Waals surface area (Å²) in [6, 6.07) is 0. The lowest BCUT2D eigenvalue weighted by atomic mass is 10.1. The quantitative estimate of drug-likeness (QED) is 0.414. The van der Waals surface area contributed by atoms with E-state index in [0.717, 1.165) is 5.01 Å². The van der Waals surface area contributed by atoms with Crippen LogP contribution in [0.5, 0.6) is 0 Å². The first-order chi connectivity index (χ1) is 7.11. The van der Waals surface area contributed by atoms with Crippen LogP contribution in [0.15, 0.2) is 5.29 Å². The number of hydrogen-bond donors (Lipinski definition) is 4. The van der Waals surface area contributed by atoms with Crippen molar-refractivity contribution >= 4 is 11.8 Å². The van der Waals surface area contributed by atoms with Crippen LogP contribution >= 0.6 is 11.8 Å². The van der Waals surface area contributed by atoms with Crippen molar-refractivity contribution in [2.24, 2.45) is 5.29 Å². The molecule has 1 unspecified atom stereocenters. The third-order valence-electron chi connectivity index (χ3n) is 2.23. The number of nitrogens with zero attached hydrogens (tertiary/aromatic N) is 2. The molecule has 1 aliphatic rings. The number of thioether (sulfide) groups is 1. The predicted octanol–water partition coefficient (Wildman–Crippen LogP) is -1.88. The SMILES string of the molecule is O=NN1CCSC1[C@H](O)[C@@H](O)[C@@H](O)CO. The Morgan fingerprint density at radius 1 is 1.47 bits per heavy atom. The fourth-order valence-electron chi connectivity index (χ4n) is 1.35. The molecule has 0 aromatic heterocycles. The van der Waals surface area contributed by atoms with Crippen LogP contribution in [0.4, 0.5) is 0 Å². The van der Waals surface area contributed by atoms with Gasteiger partial charge in [0, 0.05) is 12.3 Å². The third kappa shape index (κ3) is 2.79. The van der Waals surface area contributed by atoms with E-state index in [1.165, 1.54) is 11.8 Å². The smallest absolute Gasteiger partial charge is 0.124 e. The lowest BCUT2D eigenvalue weighted by Gasteiger charge is -2.28. The number of aliphatic hydroxyl groups is 4. The molecular formula is C7H14N2O5S. The van der Waals surface area contributed by atoms with Crippen LogP contribution in [0.3, 0.4) is 0 Å². The van der Waals surface area contributed by atoms with Crippen LogP contribution in [-0.4, -0.2) is 68.0 Å². The highest BCUT2D eigenvalue weighted by molar-refractivity contribution is 8.00. The molecule has 0 radical (unpaired) electrons. The molecule has 7 nitrogen and oxygen atoms in total. The lowest BCUT2D eigenvalue weighted by molar-refractivity contribution is -0.0877. The Bertz CT molecular complexity index is 220. The number of rotatable bonds is 5. The van der Waals surface area contributed by atoms with Crippen LogP contribution in [0.1, 0.15) is 0 Å². The summed E-state index contributed by atoms with van der Waals surface area (Å²) < 4.78 is 0. The van der Waals surface area contributed by atoms with E-state index in [0.29, 0.717) is 12.3 Å². The molecule has 0 saturated carbocycles. The predicted molar refractivity (Wildman–Crippen MR) is 53.9 cm³/mol. The second kappa shape index (κ2) is 5.61. The summed E-state index contributed by atoms with van der Waals surface area (Å²) in [5.74, 6) is 0.620. The van der Waals surface area contributed by atoms with Gasteiger partial charge < -0.3 is 20.4 Å². The summed E-state index contributed by atoms with van der Waals surface area (Å²) in [4.78, 5) is 10.3. The van der Waals surface area contributed by atoms with Gasteiger partial charge in [0.15, 0.2) is 0 Å². The minimum Gasteiger partial charge on any atom is -0.394 e. The van der Waals surface area contributed by atoms with Crippen LogP contribution in [0.2, 0.25) is 0 Å². The average Bonchev–Trinajstić information content (AvgIpc) is 2.73. The Balaban J connectivity index is 2.58. The minimum absolute atomic E-state index is 0.401. The first-order valence-electron chi connectivity index (χ1n) is 4.48. The molecule has 0 aromatic rings. The maximum Gasteiger partial charge on any atom is 0.124 e. The van der Waals surface area contributed by atoms with E-state index in [1.54, 1.807) is 0 Å². The molecule has 1 rings (SSSR count). The molecule has 0 spiro atoms. The zero-order valence-electron chi connectivity index (χ0n) is 7.93. The van der Waals surface area contributed by atoms with E-state index in [1.807, 2.05) is 0 Å². The topological polar surface area (TPSA) is 114 Å². The Morgan fingerprint density at radius 3 is 2.67 bits per heavy atom. The maximum atomic E-state index is 10.3. The molecule has 8 heteroatoms. The normalized spacial score (nSPS) is 27.5. The first kappa shape index (κ1) is 12.7. The van der Waals surface area contributed by atoms with Crippen LogP contribution in [-0.2, 0) is 0 Å². The van der Waals surface area contributed by atoms with Crippen LogP contribution in [0, 0.1) is 4.91 Å².